The summed E-state index contributed by atoms with van der Waals surface area (Å²) in [6, 6.07) is 26.6. The highest BCUT2D eigenvalue weighted by Gasteiger charge is 2.42. The number of nitro groups is 1. The lowest BCUT2D eigenvalue weighted by Gasteiger charge is -2.39. The molecule has 2 aliphatic heterocycles. The van der Waals surface area contributed by atoms with Crippen LogP contribution in [0.3, 0.4) is 0 Å². The number of carbonyl (C=O) groups is 1. The van der Waals surface area contributed by atoms with Crippen molar-refractivity contribution in [3.8, 4) is 0 Å². The fourth-order valence-corrected chi connectivity index (χ4v) is 7.57. The van der Waals surface area contributed by atoms with E-state index in [0.29, 0.717) is 36.6 Å². The molecule has 0 amide bonds. The van der Waals surface area contributed by atoms with Gasteiger partial charge in [0.05, 0.1) is 29.8 Å². The number of ether oxygens (including phenoxy) is 1. The fourth-order valence-electron chi connectivity index (χ4n) is 5.47. The van der Waals surface area contributed by atoms with Gasteiger partial charge < -0.3 is 24.4 Å². The Bertz CT molecular complexity index is 1510. The minimum Gasteiger partial charge on any atom is -0.461 e. The summed E-state index contributed by atoms with van der Waals surface area (Å²) in [6.07, 6.45) is 0. The van der Waals surface area contributed by atoms with Gasteiger partial charge in [-0.25, -0.2) is 4.79 Å². The predicted molar refractivity (Wildman–Crippen MR) is 171 cm³/mol. The minimum absolute atomic E-state index is 0.0557. The Morgan fingerprint density at radius 3 is 2.20 bits per heavy atom. The van der Waals surface area contributed by atoms with E-state index in [1.807, 2.05) is 50.2 Å². The number of hydrogen-bond donors (Lipinski definition) is 2. The van der Waals surface area contributed by atoms with Gasteiger partial charge in [-0.05, 0) is 30.5 Å². The van der Waals surface area contributed by atoms with Crippen LogP contribution in [0.25, 0.3) is 0 Å². The third kappa shape index (κ3) is 7.25. The number of nitrogens with zero attached hydrogens (tertiary/aromatic N) is 1. The van der Waals surface area contributed by atoms with E-state index in [4.69, 9.17) is 13.8 Å². The number of nitrogens with one attached hydrogen (secondary N) is 2. The van der Waals surface area contributed by atoms with Crippen LogP contribution in [-0.2, 0) is 18.6 Å². The van der Waals surface area contributed by atoms with Gasteiger partial charge in [0.2, 0.25) is 8.38 Å². The molecule has 0 radical (unpaired) electrons. The molecule has 2 N–H and O–H groups in total. The van der Waals surface area contributed by atoms with Gasteiger partial charge in [0.25, 0.3) is 5.69 Å². The minimum atomic E-state index is -1.53. The molecule has 0 spiro atoms. The Morgan fingerprint density at radius 1 is 1.00 bits per heavy atom. The zero-order chi connectivity index (χ0) is 31.3. The zero-order valence-electron chi connectivity index (χ0n) is 25.4. The van der Waals surface area contributed by atoms with E-state index in [2.05, 4.69) is 48.7 Å². The van der Waals surface area contributed by atoms with Crippen LogP contribution in [0.15, 0.2) is 107 Å². The van der Waals surface area contributed by atoms with E-state index in [9.17, 15) is 14.9 Å². The van der Waals surface area contributed by atoms with Crippen molar-refractivity contribution in [1.82, 2.24) is 10.6 Å². The van der Waals surface area contributed by atoms with Crippen LogP contribution in [0.1, 0.15) is 56.3 Å². The molecule has 1 fully saturated rings. The standard InChI is InChI=1S/C34H38N3O6P/c1-23-29(33(38)41-19-18-35-31(25-12-7-5-8-13-25)26-14-9-6-10-15-26)30(27-16-11-17-28(20-27)37(39)40)32(24(2)36-23)44-42-21-34(3,4)22-43-44/h5-17,20,30-31,35-36H,18-19,21-22H2,1-4H3. The monoisotopic (exact) mass is 615 g/mol. The van der Waals surface area contributed by atoms with Crippen molar-refractivity contribution >= 4 is 20.0 Å². The number of dihydropyridines is 1. The van der Waals surface area contributed by atoms with Crippen LogP contribution < -0.4 is 10.6 Å². The quantitative estimate of drug-likeness (QED) is 0.0817. The molecule has 1 unspecified atom stereocenters. The third-order valence-corrected chi connectivity index (χ3v) is 9.37. The van der Waals surface area contributed by atoms with E-state index in [-0.39, 0.29) is 23.8 Å². The highest BCUT2D eigenvalue weighted by Crippen LogP contribution is 2.60. The Labute approximate surface area is 259 Å². The van der Waals surface area contributed by atoms with Gasteiger partial charge in [0.15, 0.2) is 0 Å². The maximum Gasteiger partial charge on any atom is 0.336 e. The first-order valence-corrected chi connectivity index (χ1v) is 15.8. The molecule has 2 aliphatic rings. The molecule has 9 nitrogen and oxygen atoms in total. The Kier molecular flexibility index (Phi) is 9.91. The SMILES string of the molecule is CC1=C(C(=O)OCCNC(c2ccccc2)c2ccccc2)C(c2cccc([N+](=O)[O-])c2)C(P2OCC(C)(C)CO2)=C(C)N1. The van der Waals surface area contributed by atoms with Crippen molar-refractivity contribution in [2.75, 3.05) is 26.4 Å². The fraction of sp³-hybridized carbons (Fsp3) is 0.324. The maximum absolute atomic E-state index is 13.9. The van der Waals surface area contributed by atoms with Gasteiger partial charge in [-0.3, -0.25) is 10.1 Å². The number of esters is 1. The second kappa shape index (κ2) is 13.8. The average Bonchev–Trinajstić information content (AvgIpc) is 3.02. The molecule has 5 rings (SSSR count). The van der Waals surface area contributed by atoms with E-state index in [0.717, 1.165) is 22.1 Å². The summed E-state index contributed by atoms with van der Waals surface area (Å²) < 4.78 is 18.3. The molecule has 2 heterocycles. The number of rotatable bonds is 10. The summed E-state index contributed by atoms with van der Waals surface area (Å²) in [7, 11) is -1.53. The summed E-state index contributed by atoms with van der Waals surface area (Å²) >= 11 is 0. The third-order valence-electron chi connectivity index (χ3n) is 7.65. The molecule has 0 aromatic heterocycles. The molecule has 1 atom stereocenters. The van der Waals surface area contributed by atoms with E-state index >= 15 is 0 Å². The maximum atomic E-state index is 13.9. The van der Waals surface area contributed by atoms with Crippen LogP contribution in [-0.4, -0.2) is 37.3 Å². The summed E-state index contributed by atoms with van der Waals surface area (Å²) in [6.45, 7) is 9.40. The lowest BCUT2D eigenvalue weighted by atomic mass is 9.86. The number of carbonyl (C=O) groups excluding carboxylic acids is 1. The summed E-state index contributed by atoms with van der Waals surface area (Å²) in [5.74, 6) is -1.13. The lowest BCUT2D eigenvalue weighted by Crippen LogP contribution is -2.33. The Hall–Kier alpha value is -3.88. The summed E-state index contributed by atoms with van der Waals surface area (Å²) in [4.78, 5) is 25.1. The number of non-ortho nitro benzene ring substituents is 1. The number of benzene rings is 3. The highest BCUT2D eigenvalue weighted by molar-refractivity contribution is 7.52. The largest absolute Gasteiger partial charge is 0.461 e. The van der Waals surface area contributed by atoms with Crippen LogP contribution in [0, 0.1) is 15.5 Å². The molecular formula is C34H38N3O6P. The Balaban J connectivity index is 1.38. The molecule has 0 bridgehead atoms. The van der Waals surface area contributed by atoms with Crippen LogP contribution in [0.2, 0.25) is 0 Å². The van der Waals surface area contributed by atoms with Crippen LogP contribution >= 0.6 is 8.38 Å². The lowest BCUT2D eigenvalue weighted by molar-refractivity contribution is -0.384. The molecule has 230 valence electrons. The van der Waals surface area contributed by atoms with Crippen molar-refractivity contribution in [3.63, 3.8) is 0 Å². The number of nitro benzene ring substituents is 1. The van der Waals surface area contributed by atoms with Crippen molar-refractivity contribution in [2.45, 2.75) is 39.7 Å². The normalized spacial score (nSPS) is 18.7. The van der Waals surface area contributed by atoms with Crippen molar-refractivity contribution < 1.29 is 23.5 Å². The van der Waals surface area contributed by atoms with Crippen molar-refractivity contribution in [2.24, 2.45) is 5.41 Å². The van der Waals surface area contributed by atoms with Gasteiger partial charge in [-0.2, -0.15) is 0 Å². The van der Waals surface area contributed by atoms with E-state index < -0.39 is 25.2 Å². The molecule has 0 aliphatic carbocycles. The smallest absolute Gasteiger partial charge is 0.336 e. The number of hydrogen-bond acceptors (Lipinski definition) is 8. The summed E-state index contributed by atoms with van der Waals surface area (Å²) in [5, 5.41) is 19.3. The average molecular weight is 616 g/mol. The predicted octanol–water partition coefficient (Wildman–Crippen LogP) is 7.09. The van der Waals surface area contributed by atoms with Crippen molar-refractivity contribution in [3.05, 3.63) is 134 Å². The second-order valence-corrected chi connectivity index (χ2v) is 13.3. The first-order chi connectivity index (χ1) is 21.1. The Morgan fingerprint density at radius 2 is 1.61 bits per heavy atom. The van der Waals surface area contributed by atoms with Crippen LogP contribution in [0.4, 0.5) is 5.69 Å². The first kappa shape index (κ1) is 31.5. The van der Waals surface area contributed by atoms with Gasteiger partial charge in [-0.1, -0.05) is 86.6 Å². The van der Waals surface area contributed by atoms with Gasteiger partial charge in [0.1, 0.15) is 6.61 Å². The van der Waals surface area contributed by atoms with E-state index in [1.54, 1.807) is 12.1 Å². The van der Waals surface area contributed by atoms with Gasteiger partial charge >= 0.3 is 5.97 Å². The molecule has 3 aromatic rings. The molecule has 10 heteroatoms. The van der Waals surface area contributed by atoms with Crippen LogP contribution in [0.5, 0.6) is 0 Å². The number of allylic oxidation sites excluding steroid dienone is 3. The van der Waals surface area contributed by atoms with Gasteiger partial charge in [-0.15, -0.1) is 0 Å². The molecule has 1 saturated heterocycles. The molecule has 3 aromatic carbocycles. The van der Waals surface area contributed by atoms with Gasteiger partial charge in [0, 0.05) is 46.7 Å². The zero-order valence-corrected chi connectivity index (χ0v) is 26.3. The van der Waals surface area contributed by atoms with E-state index in [1.165, 1.54) is 12.1 Å². The van der Waals surface area contributed by atoms with Crippen molar-refractivity contribution in [1.29, 1.82) is 0 Å². The molecule has 44 heavy (non-hydrogen) atoms. The molecule has 0 saturated carbocycles. The molecular weight excluding hydrogens is 577 g/mol. The first-order valence-electron chi connectivity index (χ1n) is 14.6. The second-order valence-electron chi connectivity index (χ2n) is 11.8. The summed E-state index contributed by atoms with van der Waals surface area (Å²) in [5.41, 5.74) is 4.42. The highest BCUT2D eigenvalue weighted by atomic mass is 31.2. The topological polar surface area (TPSA) is 112 Å².